The predicted molar refractivity (Wildman–Crippen MR) is 109 cm³/mol. The maximum Gasteiger partial charge on any atom is 0.416 e. The Labute approximate surface area is 172 Å². The number of piperazine rings is 1. The average Bonchev–Trinajstić information content (AvgIpc) is 3.11. The second-order valence-corrected chi connectivity index (χ2v) is 8.44. The Kier molecular flexibility index (Phi) is 5.48. The number of hydrogen-bond donors (Lipinski definition) is 0. The Balaban J connectivity index is 1.37. The quantitative estimate of drug-likeness (QED) is 0.685. The third-order valence-corrected chi connectivity index (χ3v) is 6.43. The second-order valence-electron chi connectivity index (χ2n) is 7.27. The summed E-state index contributed by atoms with van der Waals surface area (Å²) < 4.78 is 41.1. The van der Waals surface area contributed by atoms with Crippen LogP contribution in [0.2, 0.25) is 0 Å². The van der Waals surface area contributed by atoms with Gasteiger partial charge in [-0.1, -0.05) is 6.07 Å². The van der Waals surface area contributed by atoms with Gasteiger partial charge >= 0.3 is 6.18 Å². The fourth-order valence-corrected chi connectivity index (χ4v) is 4.80. The molecule has 0 unspecified atom stereocenters. The van der Waals surface area contributed by atoms with Crippen molar-refractivity contribution in [3.05, 3.63) is 53.6 Å². The summed E-state index contributed by atoms with van der Waals surface area (Å²) in [5, 5.41) is 0. The van der Waals surface area contributed by atoms with Crippen LogP contribution in [-0.2, 0) is 17.4 Å². The van der Waals surface area contributed by atoms with E-state index in [1.807, 2.05) is 17.0 Å². The first-order valence-corrected chi connectivity index (χ1v) is 10.3. The molecule has 1 saturated heterocycles. The number of amides is 1. The van der Waals surface area contributed by atoms with Crippen molar-refractivity contribution in [1.29, 1.82) is 0 Å². The number of fused-ring (bicyclic) bond motifs is 1. The minimum absolute atomic E-state index is 0.0647. The summed E-state index contributed by atoms with van der Waals surface area (Å²) in [4.78, 5) is 16.6. The second kappa shape index (κ2) is 7.91. The number of benzene rings is 2. The zero-order valence-electron chi connectivity index (χ0n) is 16.1. The van der Waals surface area contributed by atoms with E-state index in [1.54, 1.807) is 29.8 Å². The minimum Gasteiger partial charge on any atom is -0.369 e. The number of carbonyl (C=O) groups excluding carboxylic acids is 1. The van der Waals surface area contributed by atoms with Crippen LogP contribution in [0.25, 0.3) is 0 Å². The minimum atomic E-state index is -4.32. The van der Waals surface area contributed by atoms with Crippen LogP contribution in [0, 0.1) is 0 Å². The van der Waals surface area contributed by atoms with Gasteiger partial charge in [0.25, 0.3) is 0 Å². The van der Waals surface area contributed by atoms with Crippen molar-refractivity contribution in [3.63, 3.8) is 0 Å². The van der Waals surface area contributed by atoms with Crippen LogP contribution in [0.1, 0.15) is 18.1 Å². The molecule has 2 aliphatic heterocycles. The largest absolute Gasteiger partial charge is 0.416 e. The van der Waals surface area contributed by atoms with Crippen LogP contribution < -0.4 is 9.80 Å². The lowest BCUT2D eigenvalue weighted by Crippen LogP contribution is -2.43. The Hall–Kier alpha value is -2.19. The summed E-state index contributed by atoms with van der Waals surface area (Å²) in [6, 6.07) is 11.7. The van der Waals surface area contributed by atoms with Crippen LogP contribution >= 0.6 is 11.9 Å². The molecule has 4 rings (SSSR count). The fraction of sp³-hybridized carbons (Fsp3) is 0.381. The molecule has 0 radical (unpaired) electrons. The molecule has 0 aromatic heterocycles. The highest BCUT2D eigenvalue weighted by Crippen LogP contribution is 2.35. The van der Waals surface area contributed by atoms with Crippen LogP contribution in [0.4, 0.5) is 24.5 Å². The first-order valence-electron chi connectivity index (χ1n) is 9.57. The molecule has 1 fully saturated rings. The van der Waals surface area contributed by atoms with Gasteiger partial charge in [0.2, 0.25) is 5.91 Å². The Morgan fingerprint density at radius 3 is 2.45 bits per heavy atom. The van der Waals surface area contributed by atoms with Crippen LogP contribution in [0.15, 0.2) is 47.4 Å². The molecule has 2 heterocycles. The summed E-state index contributed by atoms with van der Waals surface area (Å²) in [5.74, 6) is 0.0647. The van der Waals surface area contributed by atoms with E-state index in [0.717, 1.165) is 42.7 Å². The van der Waals surface area contributed by atoms with Crippen molar-refractivity contribution in [1.82, 2.24) is 4.31 Å². The van der Waals surface area contributed by atoms with E-state index in [1.165, 1.54) is 17.7 Å². The average molecular weight is 421 g/mol. The first-order chi connectivity index (χ1) is 13.8. The molecule has 4 nitrogen and oxygen atoms in total. The lowest BCUT2D eigenvalue weighted by molar-refractivity contribution is -0.137. The standard InChI is InChI=1S/C21H22F3N3OS/c1-15(28)27-8-7-16-13-19(5-6-20(16)27)29-26-11-9-25(10-12-26)18-4-2-3-17(14-18)21(22,23)24/h2-6,13-14H,7-12H2,1H3. The Bertz CT molecular complexity index is 910. The molecule has 29 heavy (non-hydrogen) atoms. The van der Waals surface area contributed by atoms with Gasteiger partial charge in [0.05, 0.1) is 5.56 Å². The van der Waals surface area contributed by atoms with E-state index in [2.05, 4.69) is 10.4 Å². The summed E-state index contributed by atoms with van der Waals surface area (Å²) in [6.07, 6.45) is -3.45. The maximum atomic E-state index is 13.0. The van der Waals surface area contributed by atoms with Crippen molar-refractivity contribution < 1.29 is 18.0 Å². The fourth-order valence-electron chi connectivity index (χ4n) is 3.83. The molecule has 0 spiro atoms. The molecule has 1 amide bonds. The third-order valence-electron chi connectivity index (χ3n) is 5.34. The number of hydrogen-bond acceptors (Lipinski definition) is 4. The molecule has 0 bridgehead atoms. The van der Waals surface area contributed by atoms with Gasteiger partial charge < -0.3 is 9.80 Å². The molecule has 2 aliphatic rings. The molecular formula is C21H22F3N3OS. The summed E-state index contributed by atoms with van der Waals surface area (Å²) in [7, 11) is 0. The predicted octanol–water partition coefficient (Wildman–Crippen LogP) is 4.44. The number of anilines is 2. The highest BCUT2D eigenvalue weighted by molar-refractivity contribution is 7.97. The number of rotatable bonds is 3. The highest BCUT2D eigenvalue weighted by Gasteiger charge is 2.31. The van der Waals surface area contributed by atoms with Crippen molar-refractivity contribution in [3.8, 4) is 0 Å². The number of halogens is 3. The van der Waals surface area contributed by atoms with Gasteiger partial charge in [-0.15, -0.1) is 0 Å². The molecule has 154 valence electrons. The number of carbonyl (C=O) groups is 1. The highest BCUT2D eigenvalue weighted by atomic mass is 32.2. The van der Waals surface area contributed by atoms with E-state index < -0.39 is 11.7 Å². The Morgan fingerprint density at radius 1 is 1.00 bits per heavy atom. The van der Waals surface area contributed by atoms with E-state index >= 15 is 0 Å². The first kappa shape index (κ1) is 20.1. The van der Waals surface area contributed by atoms with Gasteiger partial charge in [-0.2, -0.15) is 13.2 Å². The molecule has 2 aromatic carbocycles. The zero-order chi connectivity index (χ0) is 20.6. The normalized spacial score (nSPS) is 17.5. The third kappa shape index (κ3) is 4.38. The van der Waals surface area contributed by atoms with Crippen molar-refractivity contribution in [2.45, 2.75) is 24.4 Å². The van der Waals surface area contributed by atoms with Crippen LogP contribution in [-0.4, -0.2) is 42.9 Å². The monoisotopic (exact) mass is 421 g/mol. The maximum absolute atomic E-state index is 13.0. The number of nitrogens with zero attached hydrogens (tertiary/aromatic N) is 3. The van der Waals surface area contributed by atoms with Crippen LogP contribution in [0.3, 0.4) is 0 Å². The molecule has 8 heteroatoms. The summed E-state index contributed by atoms with van der Waals surface area (Å²) in [6.45, 7) is 5.19. The van der Waals surface area contributed by atoms with E-state index in [-0.39, 0.29) is 5.91 Å². The lowest BCUT2D eigenvalue weighted by atomic mass is 10.1. The van der Waals surface area contributed by atoms with Gasteiger partial charge in [0.1, 0.15) is 0 Å². The van der Waals surface area contributed by atoms with Gasteiger partial charge in [0.15, 0.2) is 0 Å². The van der Waals surface area contributed by atoms with Crippen molar-refractivity contribution in [2.24, 2.45) is 0 Å². The van der Waals surface area contributed by atoms with E-state index in [9.17, 15) is 18.0 Å². The van der Waals surface area contributed by atoms with Gasteiger partial charge in [-0.25, -0.2) is 4.31 Å². The van der Waals surface area contributed by atoms with Gasteiger partial charge in [0, 0.05) is 55.9 Å². The molecular weight excluding hydrogens is 399 g/mol. The van der Waals surface area contributed by atoms with E-state index in [0.29, 0.717) is 18.8 Å². The van der Waals surface area contributed by atoms with Crippen LogP contribution in [0.5, 0.6) is 0 Å². The Morgan fingerprint density at radius 2 is 1.76 bits per heavy atom. The smallest absolute Gasteiger partial charge is 0.369 e. The van der Waals surface area contributed by atoms with Crippen molar-refractivity contribution in [2.75, 3.05) is 42.5 Å². The summed E-state index contributed by atoms with van der Waals surface area (Å²) in [5.41, 5.74) is 2.19. The molecule has 0 saturated carbocycles. The number of alkyl halides is 3. The molecule has 0 N–H and O–H groups in total. The SMILES string of the molecule is CC(=O)N1CCc2cc(SN3CCN(c4cccc(C(F)(F)F)c4)CC3)ccc21. The summed E-state index contributed by atoms with van der Waals surface area (Å²) >= 11 is 1.67. The van der Waals surface area contributed by atoms with Gasteiger partial charge in [-0.3, -0.25) is 4.79 Å². The molecule has 0 aliphatic carbocycles. The molecule has 0 atom stereocenters. The zero-order valence-corrected chi connectivity index (χ0v) is 16.9. The van der Waals surface area contributed by atoms with Gasteiger partial charge in [-0.05, 0) is 60.3 Å². The topological polar surface area (TPSA) is 26.8 Å². The van der Waals surface area contributed by atoms with E-state index in [4.69, 9.17) is 0 Å². The molecule has 2 aromatic rings. The van der Waals surface area contributed by atoms with Crippen molar-refractivity contribution >= 4 is 29.2 Å². The lowest BCUT2D eigenvalue weighted by Gasteiger charge is -2.35.